The molecular formula is C32H18F6N2. The minimum Gasteiger partial charge on any atom is -0.256 e. The minimum atomic E-state index is -4.92. The number of fused-ring (bicyclic) bond motifs is 2. The van der Waals surface area contributed by atoms with Crippen LogP contribution in [0, 0.1) is 0 Å². The Morgan fingerprint density at radius 1 is 0.425 bits per heavy atom. The molecule has 0 amide bonds. The van der Waals surface area contributed by atoms with Gasteiger partial charge in [0.2, 0.25) is 0 Å². The fourth-order valence-corrected chi connectivity index (χ4v) is 4.66. The van der Waals surface area contributed by atoms with E-state index in [0.29, 0.717) is 23.0 Å². The number of rotatable bonds is 3. The molecule has 0 aliphatic heterocycles. The van der Waals surface area contributed by atoms with Crippen LogP contribution in [0.3, 0.4) is 0 Å². The molecule has 6 aromatic rings. The van der Waals surface area contributed by atoms with Crippen LogP contribution in [0.15, 0.2) is 109 Å². The third-order valence-corrected chi connectivity index (χ3v) is 6.75. The molecule has 0 fully saturated rings. The topological polar surface area (TPSA) is 25.8 Å². The van der Waals surface area contributed by atoms with Crippen molar-refractivity contribution in [1.82, 2.24) is 9.97 Å². The van der Waals surface area contributed by atoms with Crippen molar-refractivity contribution in [2.24, 2.45) is 0 Å². The van der Waals surface area contributed by atoms with Crippen LogP contribution in [0.2, 0.25) is 0 Å². The summed E-state index contributed by atoms with van der Waals surface area (Å²) in [5, 5.41) is 2.94. The van der Waals surface area contributed by atoms with Gasteiger partial charge in [-0.25, -0.2) is 0 Å². The lowest BCUT2D eigenvalue weighted by molar-refractivity contribution is -0.143. The van der Waals surface area contributed by atoms with E-state index in [1.807, 2.05) is 54.6 Å². The van der Waals surface area contributed by atoms with Crippen molar-refractivity contribution in [2.45, 2.75) is 12.4 Å². The third kappa shape index (κ3) is 5.00. The average molecular weight is 544 g/mol. The minimum absolute atomic E-state index is 0.119. The van der Waals surface area contributed by atoms with Crippen LogP contribution >= 0.6 is 0 Å². The Labute approximate surface area is 224 Å². The van der Waals surface area contributed by atoms with Gasteiger partial charge in [0.1, 0.15) is 0 Å². The fraction of sp³-hybridized carbons (Fsp3) is 0.0625. The molecule has 198 valence electrons. The van der Waals surface area contributed by atoms with Crippen molar-refractivity contribution in [3.63, 3.8) is 0 Å². The van der Waals surface area contributed by atoms with Gasteiger partial charge in [0.05, 0.1) is 22.3 Å². The highest BCUT2D eigenvalue weighted by Crippen LogP contribution is 2.39. The molecule has 6 rings (SSSR count). The van der Waals surface area contributed by atoms with Gasteiger partial charge in [-0.1, -0.05) is 54.6 Å². The fourth-order valence-electron chi connectivity index (χ4n) is 4.66. The van der Waals surface area contributed by atoms with Gasteiger partial charge in [0.15, 0.2) is 0 Å². The van der Waals surface area contributed by atoms with Crippen molar-refractivity contribution in [1.29, 1.82) is 0 Å². The van der Waals surface area contributed by atoms with E-state index in [2.05, 4.69) is 16.0 Å². The summed E-state index contributed by atoms with van der Waals surface area (Å²) in [6.07, 6.45) is -6.50. The third-order valence-electron chi connectivity index (χ3n) is 6.75. The smallest absolute Gasteiger partial charge is 0.256 e. The van der Waals surface area contributed by atoms with Crippen LogP contribution in [-0.2, 0) is 12.4 Å². The van der Waals surface area contributed by atoms with Crippen molar-refractivity contribution in [3.8, 4) is 33.5 Å². The second-order valence-electron chi connectivity index (χ2n) is 9.42. The summed E-state index contributed by atoms with van der Waals surface area (Å²) in [6.45, 7) is 0. The van der Waals surface area contributed by atoms with E-state index in [4.69, 9.17) is 0 Å². The Bertz CT molecular complexity index is 1840. The molecule has 0 aliphatic rings. The van der Waals surface area contributed by atoms with E-state index >= 15 is 0 Å². The zero-order valence-electron chi connectivity index (χ0n) is 20.6. The molecule has 0 N–H and O–H groups in total. The maximum absolute atomic E-state index is 13.3. The number of alkyl halides is 6. The summed E-state index contributed by atoms with van der Waals surface area (Å²) in [6, 6.07) is 26.1. The molecule has 0 bridgehead atoms. The summed E-state index contributed by atoms with van der Waals surface area (Å²) in [5.41, 5.74) is 1.11. The normalized spacial score (nSPS) is 12.2. The molecule has 0 aliphatic carbocycles. The number of hydrogen-bond donors (Lipinski definition) is 0. The predicted octanol–water partition coefficient (Wildman–Crippen LogP) is 9.82. The molecule has 0 spiro atoms. The maximum atomic E-state index is 13.3. The molecule has 0 saturated heterocycles. The quantitative estimate of drug-likeness (QED) is 0.207. The van der Waals surface area contributed by atoms with Gasteiger partial charge in [-0.15, -0.1) is 0 Å². The Hall–Kier alpha value is -4.72. The molecule has 40 heavy (non-hydrogen) atoms. The largest absolute Gasteiger partial charge is 0.416 e. The van der Waals surface area contributed by atoms with Gasteiger partial charge in [-0.05, 0) is 64.4 Å². The predicted molar refractivity (Wildman–Crippen MR) is 143 cm³/mol. The van der Waals surface area contributed by atoms with Crippen molar-refractivity contribution in [3.05, 3.63) is 121 Å². The van der Waals surface area contributed by atoms with E-state index in [0.717, 1.165) is 33.2 Å². The van der Waals surface area contributed by atoms with Crippen molar-refractivity contribution >= 4 is 21.7 Å². The Kier molecular flexibility index (Phi) is 6.06. The molecule has 0 unspecified atom stereocenters. The first-order valence-electron chi connectivity index (χ1n) is 12.2. The lowest BCUT2D eigenvalue weighted by Gasteiger charge is -2.14. The molecule has 0 radical (unpaired) electrons. The highest BCUT2D eigenvalue weighted by Gasteiger charge is 2.37. The molecule has 2 nitrogen and oxygen atoms in total. The standard InChI is InChI=1S/C32H18F6N2/c33-31(34,35)27-13-25(14-28(16-27)32(36,37)38)21-6-8-23-12-26(18-40-30(23)15-21)24-9-10-29(39-17-24)22-7-5-19-3-1-2-4-20(19)11-22/h1-18H. The lowest BCUT2D eigenvalue weighted by Crippen LogP contribution is -2.11. The SMILES string of the molecule is FC(F)(F)c1cc(-c2ccc3cc(-c4ccc(-c5ccc6ccccc6c5)nc4)cnc3c2)cc(C(F)(F)F)c1. The molecule has 2 aromatic heterocycles. The van der Waals surface area contributed by atoms with Crippen LogP contribution in [0.5, 0.6) is 0 Å². The van der Waals surface area contributed by atoms with E-state index in [9.17, 15) is 26.3 Å². The van der Waals surface area contributed by atoms with E-state index in [1.54, 1.807) is 18.5 Å². The number of nitrogens with zero attached hydrogens (tertiary/aromatic N) is 2. The Balaban J connectivity index is 1.32. The monoisotopic (exact) mass is 544 g/mol. The molecule has 0 saturated carbocycles. The van der Waals surface area contributed by atoms with Gasteiger partial charge < -0.3 is 0 Å². The molecule has 8 heteroatoms. The zero-order valence-corrected chi connectivity index (χ0v) is 20.6. The van der Waals surface area contributed by atoms with Gasteiger partial charge >= 0.3 is 12.4 Å². The number of hydrogen-bond acceptors (Lipinski definition) is 2. The Morgan fingerprint density at radius 3 is 1.70 bits per heavy atom. The highest BCUT2D eigenvalue weighted by molar-refractivity contribution is 5.89. The second kappa shape index (κ2) is 9.48. The molecule has 0 atom stereocenters. The van der Waals surface area contributed by atoms with Crippen LogP contribution < -0.4 is 0 Å². The first kappa shape index (κ1) is 25.6. The van der Waals surface area contributed by atoms with Gasteiger partial charge in [-0.2, -0.15) is 26.3 Å². The van der Waals surface area contributed by atoms with Crippen LogP contribution in [-0.4, -0.2) is 9.97 Å². The zero-order chi connectivity index (χ0) is 28.1. The van der Waals surface area contributed by atoms with Gasteiger partial charge in [-0.3, -0.25) is 9.97 Å². The lowest BCUT2D eigenvalue weighted by atomic mass is 9.97. The van der Waals surface area contributed by atoms with E-state index in [-0.39, 0.29) is 17.2 Å². The van der Waals surface area contributed by atoms with E-state index in [1.165, 1.54) is 12.1 Å². The molecule has 4 aromatic carbocycles. The van der Waals surface area contributed by atoms with Crippen molar-refractivity contribution < 1.29 is 26.3 Å². The maximum Gasteiger partial charge on any atom is 0.416 e. The van der Waals surface area contributed by atoms with Crippen LogP contribution in [0.4, 0.5) is 26.3 Å². The summed E-state index contributed by atoms with van der Waals surface area (Å²) in [4.78, 5) is 9.04. The first-order chi connectivity index (χ1) is 19.0. The van der Waals surface area contributed by atoms with Crippen LogP contribution in [0.1, 0.15) is 11.1 Å². The molecular weight excluding hydrogens is 526 g/mol. The average Bonchev–Trinajstić information content (AvgIpc) is 2.95. The summed E-state index contributed by atoms with van der Waals surface area (Å²) in [7, 11) is 0. The van der Waals surface area contributed by atoms with E-state index < -0.39 is 23.5 Å². The number of aromatic nitrogens is 2. The van der Waals surface area contributed by atoms with Crippen LogP contribution in [0.25, 0.3) is 55.2 Å². The van der Waals surface area contributed by atoms with Gasteiger partial charge in [0, 0.05) is 34.5 Å². The number of pyridine rings is 2. The first-order valence-corrected chi connectivity index (χ1v) is 12.2. The second-order valence-corrected chi connectivity index (χ2v) is 9.42. The summed E-state index contributed by atoms with van der Waals surface area (Å²) >= 11 is 0. The molecule has 2 heterocycles. The van der Waals surface area contributed by atoms with Crippen molar-refractivity contribution in [2.75, 3.05) is 0 Å². The van der Waals surface area contributed by atoms with Gasteiger partial charge in [0.25, 0.3) is 0 Å². The number of halogens is 6. The summed E-state index contributed by atoms with van der Waals surface area (Å²) in [5.74, 6) is 0. The number of benzene rings is 4. The Morgan fingerprint density at radius 2 is 1.02 bits per heavy atom. The summed E-state index contributed by atoms with van der Waals surface area (Å²) < 4.78 is 79.9. The highest BCUT2D eigenvalue weighted by atomic mass is 19.4.